The molecule has 0 unspecified atom stereocenters. The molecule has 0 spiro atoms. The minimum atomic E-state index is -0.398. The van der Waals surface area contributed by atoms with Crippen molar-refractivity contribution in [3.63, 3.8) is 0 Å². The Bertz CT molecular complexity index is 331. The standard InChI is InChI=1S/C13H20FNO2/c1-2-3-6-16-7-8-17-10-11-4-5-13(15)12(14)9-11/h4-5,9H,2-3,6-8,10,15H2,1H3. The molecule has 1 aromatic carbocycles. The van der Waals surface area contributed by atoms with E-state index < -0.39 is 5.82 Å². The number of rotatable bonds is 8. The van der Waals surface area contributed by atoms with Crippen molar-refractivity contribution in [3.8, 4) is 0 Å². The molecule has 0 saturated heterocycles. The number of hydrogen-bond donors (Lipinski definition) is 1. The molecule has 1 rings (SSSR count). The first-order valence-electron chi connectivity index (χ1n) is 5.93. The van der Waals surface area contributed by atoms with Crippen molar-refractivity contribution in [2.24, 2.45) is 0 Å². The minimum absolute atomic E-state index is 0.164. The van der Waals surface area contributed by atoms with Gasteiger partial charge in [-0.1, -0.05) is 19.4 Å². The summed E-state index contributed by atoms with van der Waals surface area (Å²) >= 11 is 0. The van der Waals surface area contributed by atoms with E-state index in [4.69, 9.17) is 15.2 Å². The Morgan fingerprint density at radius 2 is 1.94 bits per heavy atom. The average Bonchev–Trinajstić information content (AvgIpc) is 2.32. The Kier molecular flexibility index (Phi) is 6.58. The van der Waals surface area contributed by atoms with Gasteiger partial charge in [-0.05, 0) is 24.1 Å². The van der Waals surface area contributed by atoms with Gasteiger partial charge in [-0.3, -0.25) is 0 Å². The molecule has 0 amide bonds. The molecule has 0 saturated carbocycles. The lowest BCUT2D eigenvalue weighted by Crippen LogP contribution is -2.05. The molecule has 17 heavy (non-hydrogen) atoms. The van der Waals surface area contributed by atoms with Crippen molar-refractivity contribution in [2.75, 3.05) is 25.6 Å². The van der Waals surface area contributed by atoms with Gasteiger partial charge in [-0.2, -0.15) is 0 Å². The highest BCUT2D eigenvalue weighted by Crippen LogP contribution is 2.12. The molecule has 1 aromatic rings. The fraction of sp³-hybridized carbons (Fsp3) is 0.538. The number of halogens is 1. The van der Waals surface area contributed by atoms with E-state index in [1.54, 1.807) is 12.1 Å². The number of unbranched alkanes of at least 4 members (excludes halogenated alkanes) is 1. The zero-order chi connectivity index (χ0) is 12.5. The third-order valence-electron chi connectivity index (χ3n) is 2.35. The van der Waals surface area contributed by atoms with E-state index in [-0.39, 0.29) is 5.69 Å². The van der Waals surface area contributed by atoms with E-state index in [1.165, 1.54) is 6.07 Å². The number of nitrogens with two attached hydrogens (primary N) is 1. The summed E-state index contributed by atoms with van der Waals surface area (Å²) in [5.41, 5.74) is 6.32. The molecular formula is C13H20FNO2. The summed E-state index contributed by atoms with van der Waals surface area (Å²) in [6.45, 7) is 4.38. The molecule has 0 radical (unpaired) electrons. The van der Waals surface area contributed by atoms with Crippen LogP contribution in [-0.4, -0.2) is 19.8 Å². The van der Waals surface area contributed by atoms with Gasteiger partial charge in [0, 0.05) is 6.61 Å². The third-order valence-corrected chi connectivity index (χ3v) is 2.35. The molecule has 0 fully saturated rings. The molecule has 0 aliphatic heterocycles. The Morgan fingerprint density at radius 3 is 2.65 bits per heavy atom. The van der Waals surface area contributed by atoms with Gasteiger partial charge in [0.15, 0.2) is 0 Å². The second-order valence-electron chi connectivity index (χ2n) is 3.87. The van der Waals surface area contributed by atoms with Crippen molar-refractivity contribution >= 4 is 5.69 Å². The van der Waals surface area contributed by atoms with Crippen LogP contribution in [-0.2, 0) is 16.1 Å². The van der Waals surface area contributed by atoms with Crippen LogP contribution in [0.4, 0.5) is 10.1 Å². The van der Waals surface area contributed by atoms with Gasteiger partial charge in [0.05, 0.1) is 25.5 Å². The maximum absolute atomic E-state index is 13.1. The summed E-state index contributed by atoms with van der Waals surface area (Å²) in [7, 11) is 0. The quantitative estimate of drug-likeness (QED) is 0.562. The normalized spacial score (nSPS) is 10.7. The van der Waals surface area contributed by atoms with Crippen LogP contribution in [0.15, 0.2) is 18.2 Å². The van der Waals surface area contributed by atoms with Gasteiger partial charge >= 0.3 is 0 Å². The summed E-state index contributed by atoms with van der Waals surface area (Å²) in [6, 6.07) is 4.70. The van der Waals surface area contributed by atoms with E-state index in [0.717, 1.165) is 25.0 Å². The molecule has 0 heterocycles. The summed E-state index contributed by atoms with van der Waals surface area (Å²) < 4.78 is 23.8. The van der Waals surface area contributed by atoms with E-state index in [2.05, 4.69) is 6.92 Å². The molecule has 0 aliphatic rings. The Hall–Kier alpha value is -1.13. The molecule has 0 aliphatic carbocycles. The molecule has 0 bridgehead atoms. The summed E-state index contributed by atoms with van der Waals surface area (Å²) in [4.78, 5) is 0. The van der Waals surface area contributed by atoms with Gasteiger partial charge in [-0.15, -0.1) is 0 Å². The van der Waals surface area contributed by atoms with E-state index >= 15 is 0 Å². The fourth-order valence-corrected chi connectivity index (χ4v) is 1.32. The first-order valence-corrected chi connectivity index (χ1v) is 5.93. The van der Waals surface area contributed by atoms with Gasteiger partial charge in [0.25, 0.3) is 0 Å². The van der Waals surface area contributed by atoms with Crippen LogP contribution in [0.25, 0.3) is 0 Å². The van der Waals surface area contributed by atoms with Crippen LogP contribution in [0.1, 0.15) is 25.3 Å². The Morgan fingerprint density at radius 1 is 1.18 bits per heavy atom. The average molecular weight is 241 g/mol. The monoisotopic (exact) mass is 241 g/mol. The first kappa shape index (κ1) is 13.9. The highest BCUT2D eigenvalue weighted by molar-refractivity contribution is 5.41. The lowest BCUT2D eigenvalue weighted by atomic mass is 10.2. The van der Waals surface area contributed by atoms with Gasteiger partial charge in [0.1, 0.15) is 5.82 Å². The van der Waals surface area contributed by atoms with Crippen LogP contribution in [0.2, 0.25) is 0 Å². The highest BCUT2D eigenvalue weighted by Gasteiger charge is 2.00. The Balaban J connectivity index is 2.11. The zero-order valence-corrected chi connectivity index (χ0v) is 10.2. The van der Waals surface area contributed by atoms with E-state index in [1.807, 2.05) is 0 Å². The van der Waals surface area contributed by atoms with Crippen molar-refractivity contribution in [1.82, 2.24) is 0 Å². The van der Waals surface area contributed by atoms with Crippen molar-refractivity contribution in [3.05, 3.63) is 29.6 Å². The zero-order valence-electron chi connectivity index (χ0n) is 10.2. The maximum atomic E-state index is 13.1. The second-order valence-corrected chi connectivity index (χ2v) is 3.87. The largest absolute Gasteiger partial charge is 0.396 e. The maximum Gasteiger partial charge on any atom is 0.146 e. The van der Waals surface area contributed by atoms with Crippen LogP contribution >= 0.6 is 0 Å². The van der Waals surface area contributed by atoms with Crippen LogP contribution < -0.4 is 5.73 Å². The molecule has 0 aromatic heterocycles. The van der Waals surface area contributed by atoms with Gasteiger partial charge in [0.2, 0.25) is 0 Å². The fourth-order valence-electron chi connectivity index (χ4n) is 1.32. The highest BCUT2D eigenvalue weighted by atomic mass is 19.1. The number of benzene rings is 1. The predicted molar refractivity (Wildman–Crippen MR) is 66.2 cm³/mol. The lowest BCUT2D eigenvalue weighted by Gasteiger charge is -2.06. The second kappa shape index (κ2) is 8.03. The number of hydrogen-bond acceptors (Lipinski definition) is 3. The third kappa shape index (κ3) is 5.65. The van der Waals surface area contributed by atoms with Crippen LogP contribution in [0.5, 0.6) is 0 Å². The molecule has 2 N–H and O–H groups in total. The molecule has 96 valence electrons. The summed E-state index contributed by atoms with van der Waals surface area (Å²) in [5.74, 6) is -0.398. The SMILES string of the molecule is CCCCOCCOCc1ccc(N)c(F)c1. The minimum Gasteiger partial charge on any atom is -0.396 e. The van der Waals surface area contributed by atoms with E-state index in [9.17, 15) is 4.39 Å². The van der Waals surface area contributed by atoms with Gasteiger partial charge < -0.3 is 15.2 Å². The molecule has 3 nitrogen and oxygen atoms in total. The topological polar surface area (TPSA) is 44.5 Å². The van der Waals surface area contributed by atoms with Crippen LogP contribution in [0.3, 0.4) is 0 Å². The number of anilines is 1. The first-order chi connectivity index (χ1) is 8.24. The predicted octanol–water partition coefficient (Wildman–Crippen LogP) is 2.74. The Labute approximate surface area is 102 Å². The molecule has 0 atom stereocenters. The number of nitrogen functional groups attached to an aromatic ring is 1. The summed E-state index contributed by atoms with van der Waals surface area (Å²) in [6.07, 6.45) is 2.20. The van der Waals surface area contributed by atoms with Crippen LogP contribution in [0, 0.1) is 5.82 Å². The smallest absolute Gasteiger partial charge is 0.146 e. The molecular weight excluding hydrogens is 221 g/mol. The lowest BCUT2D eigenvalue weighted by molar-refractivity contribution is 0.0396. The van der Waals surface area contributed by atoms with E-state index in [0.29, 0.717) is 19.8 Å². The van der Waals surface area contributed by atoms with Crippen molar-refractivity contribution < 1.29 is 13.9 Å². The molecule has 4 heteroatoms. The van der Waals surface area contributed by atoms with Crippen molar-refractivity contribution in [1.29, 1.82) is 0 Å². The van der Waals surface area contributed by atoms with Gasteiger partial charge in [-0.25, -0.2) is 4.39 Å². The summed E-state index contributed by atoms with van der Waals surface area (Å²) in [5, 5.41) is 0. The number of ether oxygens (including phenoxy) is 2. The van der Waals surface area contributed by atoms with Crippen molar-refractivity contribution in [2.45, 2.75) is 26.4 Å².